The molecule has 0 bridgehead atoms. The van der Waals surface area contributed by atoms with Crippen LogP contribution in [0.3, 0.4) is 0 Å². The molecule has 5 heteroatoms. The molecule has 118 valence electrons. The minimum Gasteiger partial charge on any atom is -0.392 e. The molecule has 1 heterocycles. The van der Waals surface area contributed by atoms with Crippen LogP contribution >= 0.6 is 0 Å². The van der Waals surface area contributed by atoms with E-state index < -0.39 is 15.9 Å². The van der Waals surface area contributed by atoms with Crippen LogP contribution in [0.25, 0.3) is 0 Å². The minimum absolute atomic E-state index is 0.0982. The van der Waals surface area contributed by atoms with Gasteiger partial charge in [0.15, 0.2) is 9.84 Å². The van der Waals surface area contributed by atoms with E-state index in [0.717, 1.165) is 31.4 Å². The highest BCUT2D eigenvalue weighted by atomic mass is 32.2. The summed E-state index contributed by atoms with van der Waals surface area (Å²) in [6.45, 7) is 3.20. The fourth-order valence-electron chi connectivity index (χ4n) is 3.00. The van der Waals surface area contributed by atoms with Crippen molar-refractivity contribution in [3.63, 3.8) is 0 Å². The average molecular weight is 311 g/mol. The van der Waals surface area contributed by atoms with Gasteiger partial charge in [-0.2, -0.15) is 0 Å². The summed E-state index contributed by atoms with van der Waals surface area (Å²) >= 11 is 0. The van der Waals surface area contributed by atoms with E-state index in [1.807, 2.05) is 30.3 Å². The Morgan fingerprint density at radius 3 is 2.67 bits per heavy atom. The number of aliphatic hydroxyl groups excluding tert-OH is 1. The van der Waals surface area contributed by atoms with Gasteiger partial charge in [-0.3, -0.25) is 4.90 Å². The van der Waals surface area contributed by atoms with Gasteiger partial charge < -0.3 is 5.11 Å². The molecule has 4 nitrogen and oxygen atoms in total. The van der Waals surface area contributed by atoms with Crippen molar-refractivity contribution in [3.05, 3.63) is 35.9 Å². The zero-order valence-electron chi connectivity index (χ0n) is 12.6. The van der Waals surface area contributed by atoms with Crippen molar-refractivity contribution in [3.8, 4) is 0 Å². The quantitative estimate of drug-likeness (QED) is 0.871. The van der Waals surface area contributed by atoms with Gasteiger partial charge in [0, 0.05) is 12.6 Å². The Kier molecular flexibility index (Phi) is 5.79. The fraction of sp³-hybridized carbons (Fsp3) is 0.625. The fourth-order valence-corrected chi connectivity index (χ4v) is 4.35. The van der Waals surface area contributed by atoms with Crippen molar-refractivity contribution in [2.75, 3.05) is 18.8 Å². The van der Waals surface area contributed by atoms with Crippen LogP contribution in [0.2, 0.25) is 0 Å². The van der Waals surface area contributed by atoms with Gasteiger partial charge in [0.25, 0.3) is 0 Å². The summed E-state index contributed by atoms with van der Waals surface area (Å²) in [6.07, 6.45) is 2.75. The molecule has 1 aromatic carbocycles. The normalized spacial score (nSPS) is 22.1. The van der Waals surface area contributed by atoms with Crippen LogP contribution < -0.4 is 0 Å². The van der Waals surface area contributed by atoms with Crippen LogP contribution in [0.15, 0.2) is 30.3 Å². The van der Waals surface area contributed by atoms with E-state index in [9.17, 15) is 13.5 Å². The van der Waals surface area contributed by atoms with Crippen molar-refractivity contribution in [2.24, 2.45) is 0 Å². The summed E-state index contributed by atoms with van der Waals surface area (Å²) in [7, 11) is -3.11. The van der Waals surface area contributed by atoms with E-state index in [1.54, 1.807) is 6.92 Å². The molecule has 0 aromatic heterocycles. The summed E-state index contributed by atoms with van der Waals surface area (Å²) in [4.78, 5) is 2.14. The summed E-state index contributed by atoms with van der Waals surface area (Å²) in [6, 6.07) is 9.40. The molecule has 1 N–H and O–H groups in total. The number of nitrogens with zero attached hydrogens (tertiary/aromatic N) is 1. The molecule has 1 fully saturated rings. The Bertz CT molecular complexity index is 528. The lowest BCUT2D eigenvalue weighted by atomic mass is 9.98. The standard InChI is InChI=1S/C16H25NO3S/c1-14(18)16-9-5-6-10-17(16)11-12-21(19,20)13-15-7-3-2-4-8-15/h2-4,7-8,14,16,18H,5-6,9-13H2,1H3/t14-,16+/m0/s1. The van der Waals surface area contributed by atoms with Gasteiger partial charge in [0.1, 0.15) is 0 Å². The SMILES string of the molecule is C[C@H](O)[C@H]1CCCCN1CCS(=O)(=O)Cc1ccccc1. The van der Waals surface area contributed by atoms with E-state index in [2.05, 4.69) is 4.90 Å². The van der Waals surface area contributed by atoms with Gasteiger partial charge in [-0.25, -0.2) is 8.42 Å². The number of likely N-dealkylation sites (tertiary alicyclic amines) is 1. The average Bonchev–Trinajstić information content (AvgIpc) is 2.46. The van der Waals surface area contributed by atoms with E-state index in [0.29, 0.717) is 6.54 Å². The van der Waals surface area contributed by atoms with E-state index in [-0.39, 0.29) is 17.5 Å². The lowest BCUT2D eigenvalue weighted by Gasteiger charge is -2.37. The summed E-state index contributed by atoms with van der Waals surface area (Å²) in [5.41, 5.74) is 0.836. The van der Waals surface area contributed by atoms with Gasteiger partial charge in [0.2, 0.25) is 0 Å². The molecular weight excluding hydrogens is 286 g/mol. The molecule has 0 unspecified atom stereocenters. The van der Waals surface area contributed by atoms with Crippen molar-refractivity contribution in [1.29, 1.82) is 0 Å². The second kappa shape index (κ2) is 7.38. The lowest BCUT2D eigenvalue weighted by molar-refractivity contribution is 0.0403. The number of sulfone groups is 1. The number of piperidine rings is 1. The second-order valence-electron chi connectivity index (χ2n) is 5.92. The molecule has 0 radical (unpaired) electrons. The first kappa shape index (κ1) is 16.5. The van der Waals surface area contributed by atoms with Gasteiger partial charge in [0.05, 0.1) is 17.6 Å². The molecule has 21 heavy (non-hydrogen) atoms. The largest absolute Gasteiger partial charge is 0.392 e. The second-order valence-corrected chi connectivity index (χ2v) is 8.10. The Morgan fingerprint density at radius 1 is 1.29 bits per heavy atom. The first-order valence-electron chi connectivity index (χ1n) is 7.64. The zero-order valence-corrected chi connectivity index (χ0v) is 13.4. The first-order valence-corrected chi connectivity index (χ1v) is 9.46. The Morgan fingerprint density at radius 2 is 2.00 bits per heavy atom. The monoisotopic (exact) mass is 311 g/mol. The van der Waals surface area contributed by atoms with E-state index in [1.165, 1.54) is 0 Å². The molecule has 0 spiro atoms. The maximum atomic E-state index is 12.2. The van der Waals surface area contributed by atoms with E-state index in [4.69, 9.17) is 0 Å². The molecule has 1 aliphatic heterocycles. The Labute approximate surface area is 127 Å². The van der Waals surface area contributed by atoms with Gasteiger partial charge in [-0.1, -0.05) is 36.8 Å². The minimum atomic E-state index is -3.11. The predicted molar refractivity (Wildman–Crippen MR) is 84.8 cm³/mol. The zero-order chi connectivity index (χ0) is 15.3. The van der Waals surface area contributed by atoms with E-state index >= 15 is 0 Å². The topological polar surface area (TPSA) is 57.6 Å². The first-order chi connectivity index (χ1) is 9.98. The number of benzene rings is 1. The number of rotatable bonds is 6. The molecule has 1 aromatic rings. The molecule has 1 aliphatic rings. The van der Waals surface area contributed by atoms with Crippen LogP contribution in [0.1, 0.15) is 31.7 Å². The van der Waals surface area contributed by atoms with Crippen molar-refractivity contribution >= 4 is 9.84 Å². The Hall–Kier alpha value is -0.910. The van der Waals surface area contributed by atoms with Gasteiger partial charge >= 0.3 is 0 Å². The smallest absolute Gasteiger partial charge is 0.155 e. The van der Waals surface area contributed by atoms with Crippen molar-refractivity contribution in [1.82, 2.24) is 4.90 Å². The highest BCUT2D eigenvalue weighted by Gasteiger charge is 2.27. The van der Waals surface area contributed by atoms with Crippen molar-refractivity contribution < 1.29 is 13.5 Å². The molecule has 2 rings (SSSR count). The number of hydrogen-bond donors (Lipinski definition) is 1. The van der Waals surface area contributed by atoms with Crippen LogP contribution in [0, 0.1) is 0 Å². The predicted octanol–water partition coefficient (Wildman–Crippen LogP) is 1.84. The van der Waals surface area contributed by atoms with Crippen molar-refractivity contribution in [2.45, 2.75) is 44.1 Å². The summed E-state index contributed by atoms with van der Waals surface area (Å²) < 4.78 is 24.5. The summed E-state index contributed by atoms with van der Waals surface area (Å²) in [5, 5.41) is 9.82. The van der Waals surface area contributed by atoms with Gasteiger partial charge in [-0.05, 0) is 31.9 Å². The Balaban J connectivity index is 1.91. The van der Waals surface area contributed by atoms with Crippen LogP contribution in [-0.2, 0) is 15.6 Å². The molecule has 0 amide bonds. The third kappa shape index (κ3) is 5.09. The number of aliphatic hydroxyl groups is 1. The summed E-state index contributed by atoms with van der Waals surface area (Å²) in [5.74, 6) is 0.256. The molecular formula is C16H25NO3S. The van der Waals surface area contributed by atoms with Crippen LogP contribution in [-0.4, -0.2) is 49.4 Å². The highest BCUT2D eigenvalue weighted by molar-refractivity contribution is 7.90. The van der Waals surface area contributed by atoms with Crippen LogP contribution in [0.4, 0.5) is 0 Å². The maximum Gasteiger partial charge on any atom is 0.155 e. The van der Waals surface area contributed by atoms with Crippen LogP contribution in [0.5, 0.6) is 0 Å². The third-order valence-corrected chi connectivity index (χ3v) is 5.72. The molecule has 1 saturated heterocycles. The third-order valence-electron chi connectivity index (χ3n) is 4.14. The van der Waals surface area contributed by atoms with Gasteiger partial charge in [-0.15, -0.1) is 0 Å². The lowest BCUT2D eigenvalue weighted by Crippen LogP contribution is -2.47. The molecule has 0 saturated carbocycles. The molecule has 0 aliphatic carbocycles. The maximum absolute atomic E-state index is 12.2. The molecule has 2 atom stereocenters. The highest BCUT2D eigenvalue weighted by Crippen LogP contribution is 2.20. The number of hydrogen-bond acceptors (Lipinski definition) is 4.